The van der Waals surface area contributed by atoms with Crippen LogP contribution in [0.2, 0.25) is 0 Å². The van der Waals surface area contributed by atoms with E-state index in [4.69, 9.17) is 0 Å². The fourth-order valence-corrected chi connectivity index (χ4v) is 7.08. The third kappa shape index (κ3) is 1.97. The predicted molar refractivity (Wildman–Crippen MR) is 88.3 cm³/mol. The van der Waals surface area contributed by atoms with E-state index in [1.54, 1.807) is 0 Å². The Morgan fingerprint density at radius 1 is 1.22 bits per heavy atom. The van der Waals surface area contributed by atoms with Crippen LogP contribution in [0.1, 0.15) is 58.8 Å². The van der Waals surface area contributed by atoms with Crippen molar-refractivity contribution in [2.24, 2.45) is 40.4 Å². The van der Waals surface area contributed by atoms with Crippen LogP contribution in [0.3, 0.4) is 0 Å². The van der Waals surface area contributed by atoms with Crippen LogP contribution < -0.4 is 0 Å². The molecule has 0 heterocycles. The van der Waals surface area contributed by atoms with Gasteiger partial charge in [0.05, 0.1) is 23.9 Å². The molecule has 0 aromatic rings. The average Bonchev–Trinajstić information content (AvgIpc) is 2.79. The number of aliphatic hydroxyl groups excluding tert-OH is 2. The molecular formula is C20H29NO2. The molecule has 0 amide bonds. The van der Waals surface area contributed by atoms with Crippen LogP contribution in [-0.4, -0.2) is 16.3 Å². The van der Waals surface area contributed by atoms with Gasteiger partial charge in [-0.15, -0.1) is 0 Å². The number of rotatable bonds is 0. The van der Waals surface area contributed by atoms with Crippen molar-refractivity contribution in [2.75, 3.05) is 0 Å². The maximum Gasteiger partial charge on any atom is 0.0886 e. The third-order valence-corrected chi connectivity index (χ3v) is 8.43. The highest BCUT2D eigenvalue weighted by Gasteiger charge is 2.62. The third-order valence-electron chi connectivity index (χ3n) is 8.43. The monoisotopic (exact) mass is 315 g/mol. The van der Waals surface area contributed by atoms with Gasteiger partial charge in [0.25, 0.3) is 0 Å². The smallest absolute Gasteiger partial charge is 0.0886 e. The van der Waals surface area contributed by atoms with E-state index in [9.17, 15) is 15.5 Å². The Morgan fingerprint density at radius 2 is 2.00 bits per heavy atom. The topological polar surface area (TPSA) is 64.2 Å². The van der Waals surface area contributed by atoms with Gasteiger partial charge in [-0.2, -0.15) is 5.26 Å². The number of aliphatic hydroxyl groups is 2. The lowest BCUT2D eigenvalue weighted by molar-refractivity contribution is -0.115. The Labute approximate surface area is 139 Å². The van der Waals surface area contributed by atoms with Crippen LogP contribution >= 0.6 is 0 Å². The van der Waals surface area contributed by atoms with Gasteiger partial charge < -0.3 is 10.2 Å². The molecule has 3 saturated carbocycles. The van der Waals surface area contributed by atoms with Crippen molar-refractivity contribution in [2.45, 2.75) is 64.9 Å². The molecule has 0 radical (unpaired) electrons. The molecule has 0 aliphatic heterocycles. The zero-order valence-electron chi connectivity index (χ0n) is 14.3. The molecule has 0 bridgehead atoms. The number of hydrogen-bond donors (Lipinski definition) is 2. The summed E-state index contributed by atoms with van der Waals surface area (Å²) >= 11 is 0. The fraction of sp³-hybridized carbons (Fsp3) is 0.850. The zero-order valence-corrected chi connectivity index (χ0v) is 14.3. The summed E-state index contributed by atoms with van der Waals surface area (Å²) in [5, 5.41) is 30.2. The summed E-state index contributed by atoms with van der Waals surface area (Å²) in [6.45, 7) is 4.66. The van der Waals surface area contributed by atoms with Crippen LogP contribution in [0.5, 0.6) is 0 Å². The van der Waals surface area contributed by atoms with Gasteiger partial charge in [0.15, 0.2) is 0 Å². The average molecular weight is 315 g/mol. The predicted octanol–water partition coefficient (Wildman–Crippen LogP) is 4.19. The second-order valence-electron chi connectivity index (χ2n) is 9.21. The maximum absolute atomic E-state index is 10.6. The number of allylic oxidation sites excluding steroid dienone is 2. The molecule has 8 atom stereocenters. The number of fused-ring (bicyclic) bond motifs is 5. The first-order chi connectivity index (χ1) is 10.9. The first-order valence-corrected chi connectivity index (χ1v) is 9.36. The lowest BCUT2D eigenvalue weighted by Gasteiger charge is -2.59. The molecule has 3 nitrogen and oxygen atoms in total. The molecule has 0 spiro atoms. The summed E-state index contributed by atoms with van der Waals surface area (Å²) in [5.74, 6) is 2.77. The van der Waals surface area contributed by atoms with E-state index < -0.39 is 0 Å². The molecule has 2 N–H and O–H groups in total. The van der Waals surface area contributed by atoms with Gasteiger partial charge in [-0.3, -0.25) is 0 Å². The zero-order chi connectivity index (χ0) is 16.4. The molecule has 4 aliphatic carbocycles. The minimum absolute atomic E-state index is 0.0236. The Hall–Kier alpha value is -1.01. The molecular weight excluding hydrogens is 286 g/mol. The highest BCUT2D eigenvalue weighted by atomic mass is 16.3. The lowest BCUT2D eigenvalue weighted by atomic mass is 9.45. The standard InChI is InChI=1S/C20H29NO2/c1-19-7-5-14(22)10-13(19)3-4-15-16(19)6-8-20(2)17(23)9-12(11-21)18(15)20/h5,12-13,15-18,22-23H,3-4,6-10H2,1-2H3/t12-,13?,15+,16-,17-,18-,19-,20+/m0/s1. The summed E-state index contributed by atoms with van der Waals surface area (Å²) in [6, 6.07) is 2.53. The van der Waals surface area contributed by atoms with E-state index in [1.807, 2.05) is 6.08 Å². The van der Waals surface area contributed by atoms with Crippen molar-refractivity contribution in [3.63, 3.8) is 0 Å². The summed E-state index contributed by atoms with van der Waals surface area (Å²) in [5.41, 5.74) is 0.210. The molecule has 0 aromatic heterocycles. The van der Waals surface area contributed by atoms with Crippen molar-refractivity contribution in [1.29, 1.82) is 5.26 Å². The molecule has 126 valence electrons. The normalized spacial score (nSPS) is 55.1. The van der Waals surface area contributed by atoms with E-state index in [1.165, 1.54) is 12.8 Å². The van der Waals surface area contributed by atoms with Crippen LogP contribution in [0.15, 0.2) is 11.8 Å². The van der Waals surface area contributed by atoms with E-state index >= 15 is 0 Å². The fourth-order valence-electron chi connectivity index (χ4n) is 7.08. The summed E-state index contributed by atoms with van der Waals surface area (Å²) < 4.78 is 0. The quantitative estimate of drug-likeness (QED) is 0.704. The molecule has 4 rings (SSSR count). The molecule has 1 unspecified atom stereocenters. The van der Waals surface area contributed by atoms with Gasteiger partial charge in [0.1, 0.15) is 0 Å². The minimum atomic E-state index is -0.307. The van der Waals surface area contributed by atoms with E-state index in [2.05, 4.69) is 19.9 Å². The Kier molecular flexibility index (Phi) is 3.37. The first-order valence-electron chi connectivity index (χ1n) is 9.36. The number of hydrogen-bond acceptors (Lipinski definition) is 3. The van der Waals surface area contributed by atoms with Gasteiger partial charge in [0, 0.05) is 6.42 Å². The van der Waals surface area contributed by atoms with E-state index in [0.717, 1.165) is 25.7 Å². The summed E-state index contributed by atoms with van der Waals surface area (Å²) in [6.07, 6.45) is 8.78. The Balaban J connectivity index is 1.70. The number of nitriles is 1. The van der Waals surface area contributed by atoms with Gasteiger partial charge in [0.2, 0.25) is 0 Å². The van der Waals surface area contributed by atoms with Crippen molar-refractivity contribution in [3.8, 4) is 6.07 Å². The van der Waals surface area contributed by atoms with Crippen LogP contribution in [-0.2, 0) is 0 Å². The van der Waals surface area contributed by atoms with E-state index in [0.29, 0.717) is 35.9 Å². The second-order valence-corrected chi connectivity index (χ2v) is 9.21. The molecule has 3 fully saturated rings. The second kappa shape index (κ2) is 4.99. The Bertz CT molecular complexity index is 579. The van der Waals surface area contributed by atoms with Crippen molar-refractivity contribution in [3.05, 3.63) is 11.8 Å². The first kappa shape index (κ1) is 15.5. The molecule has 23 heavy (non-hydrogen) atoms. The Morgan fingerprint density at radius 3 is 2.74 bits per heavy atom. The molecule has 0 saturated heterocycles. The largest absolute Gasteiger partial charge is 0.513 e. The number of nitrogens with zero attached hydrogens (tertiary/aromatic N) is 1. The van der Waals surface area contributed by atoms with Gasteiger partial charge in [-0.25, -0.2) is 0 Å². The lowest BCUT2D eigenvalue weighted by Crippen LogP contribution is -2.53. The SMILES string of the molecule is C[C@]12CC[C@H]3[C@@H](CCC4CC(O)=CC[C@@]43C)[C@@H]1[C@H](C#N)C[C@@H]2O. The van der Waals surface area contributed by atoms with E-state index in [-0.39, 0.29) is 22.9 Å². The molecule has 3 heteroatoms. The van der Waals surface area contributed by atoms with Crippen LogP contribution in [0, 0.1) is 51.8 Å². The van der Waals surface area contributed by atoms with Crippen molar-refractivity contribution < 1.29 is 10.2 Å². The summed E-state index contributed by atoms with van der Waals surface area (Å²) in [4.78, 5) is 0. The van der Waals surface area contributed by atoms with Crippen LogP contribution in [0.25, 0.3) is 0 Å². The highest BCUT2D eigenvalue weighted by molar-refractivity contribution is 5.17. The van der Waals surface area contributed by atoms with Gasteiger partial charge in [-0.1, -0.05) is 13.8 Å². The molecule has 4 aliphatic rings. The van der Waals surface area contributed by atoms with Crippen LogP contribution in [0.4, 0.5) is 0 Å². The van der Waals surface area contributed by atoms with Crippen molar-refractivity contribution >= 4 is 0 Å². The molecule has 0 aromatic carbocycles. The highest BCUT2D eigenvalue weighted by Crippen LogP contribution is 2.66. The summed E-state index contributed by atoms with van der Waals surface area (Å²) in [7, 11) is 0. The van der Waals surface area contributed by atoms with Crippen molar-refractivity contribution in [1.82, 2.24) is 0 Å². The van der Waals surface area contributed by atoms with Gasteiger partial charge >= 0.3 is 0 Å². The maximum atomic E-state index is 10.6. The van der Waals surface area contributed by atoms with Gasteiger partial charge in [-0.05, 0) is 79.1 Å². The minimum Gasteiger partial charge on any atom is -0.513 e.